The van der Waals surface area contributed by atoms with Gasteiger partial charge in [-0.1, -0.05) is 78.4 Å². The first-order valence-electron chi connectivity index (χ1n) is 10.4. The second-order valence-electron chi connectivity index (χ2n) is 7.27. The van der Waals surface area contributed by atoms with Gasteiger partial charge in [-0.15, -0.1) is 0 Å². The lowest BCUT2D eigenvalue weighted by Crippen LogP contribution is -2.18. The number of hydrogen-bond acceptors (Lipinski definition) is 2. The first-order valence-corrected chi connectivity index (χ1v) is 11.7. The van der Waals surface area contributed by atoms with Crippen molar-refractivity contribution in [3.05, 3.63) is 29.3 Å². The van der Waals surface area contributed by atoms with Crippen LogP contribution in [0.3, 0.4) is 0 Å². The van der Waals surface area contributed by atoms with Gasteiger partial charge in [0.15, 0.2) is 8.38 Å². The van der Waals surface area contributed by atoms with E-state index in [2.05, 4.69) is 33.8 Å². The highest BCUT2D eigenvalue weighted by Crippen LogP contribution is 2.39. The van der Waals surface area contributed by atoms with E-state index in [0.717, 1.165) is 24.6 Å². The molecule has 25 heavy (non-hydrogen) atoms. The van der Waals surface area contributed by atoms with Gasteiger partial charge in [-0.2, -0.15) is 0 Å². The molecular weight excluding hydrogens is 327 g/mol. The minimum Gasteiger partial charge on any atom is -0.347 e. The Labute approximate surface area is 157 Å². The SMILES string of the molecule is CCCCCC(CC)c1cccc(P(O)O)c1C(CC)CCCCC. The summed E-state index contributed by atoms with van der Waals surface area (Å²) in [4.78, 5) is 20.1. The minimum atomic E-state index is -2.04. The fourth-order valence-corrected chi connectivity index (χ4v) is 4.71. The van der Waals surface area contributed by atoms with E-state index in [1.807, 2.05) is 12.1 Å². The first-order chi connectivity index (χ1) is 12.1. The molecule has 0 radical (unpaired) electrons. The van der Waals surface area contributed by atoms with Gasteiger partial charge >= 0.3 is 0 Å². The van der Waals surface area contributed by atoms with Crippen LogP contribution < -0.4 is 5.30 Å². The van der Waals surface area contributed by atoms with E-state index >= 15 is 0 Å². The van der Waals surface area contributed by atoms with Crippen LogP contribution in [0.1, 0.15) is 115 Å². The molecule has 0 aliphatic heterocycles. The molecule has 2 atom stereocenters. The maximum absolute atomic E-state index is 10.0. The summed E-state index contributed by atoms with van der Waals surface area (Å²) in [6.45, 7) is 9.00. The third-order valence-corrected chi connectivity index (χ3v) is 6.30. The molecule has 0 aliphatic carbocycles. The molecule has 0 bridgehead atoms. The molecule has 144 valence electrons. The van der Waals surface area contributed by atoms with Crippen molar-refractivity contribution < 1.29 is 9.79 Å². The van der Waals surface area contributed by atoms with Gasteiger partial charge in [-0.05, 0) is 54.7 Å². The van der Waals surface area contributed by atoms with E-state index in [1.165, 1.54) is 56.1 Å². The van der Waals surface area contributed by atoms with Crippen molar-refractivity contribution in [2.24, 2.45) is 0 Å². The van der Waals surface area contributed by atoms with Crippen LogP contribution in [0.4, 0.5) is 0 Å². The molecule has 1 aromatic carbocycles. The maximum Gasteiger partial charge on any atom is 0.199 e. The van der Waals surface area contributed by atoms with Crippen molar-refractivity contribution in [3.8, 4) is 0 Å². The largest absolute Gasteiger partial charge is 0.347 e. The van der Waals surface area contributed by atoms with Crippen LogP contribution in [-0.2, 0) is 0 Å². The average molecular weight is 367 g/mol. The van der Waals surface area contributed by atoms with Crippen molar-refractivity contribution in [3.63, 3.8) is 0 Å². The summed E-state index contributed by atoms with van der Waals surface area (Å²) in [5, 5.41) is 0.796. The molecule has 0 aliphatic rings. The van der Waals surface area contributed by atoms with E-state index < -0.39 is 8.38 Å². The van der Waals surface area contributed by atoms with Gasteiger partial charge in [0.1, 0.15) is 0 Å². The summed E-state index contributed by atoms with van der Waals surface area (Å²) in [7, 11) is -2.04. The van der Waals surface area contributed by atoms with Crippen molar-refractivity contribution in [1.29, 1.82) is 0 Å². The van der Waals surface area contributed by atoms with Gasteiger partial charge in [-0.25, -0.2) is 0 Å². The molecule has 3 heteroatoms. The molecule has 1 aromatic rings. The molecule has 0 saturated carbocycles. The number of unbranched alkanes of at least 4 members (excludes halogenated alkanes) is 4. The van der Waals surface area contributed by atoms with E-state index in [-0.39, 0.29) is 0 Å². The smallest absolute Gasteiger partial charge is 0.199 e. The summed E-state index contributed by atoms with van der Waals surface area (Å²) in [5.74, 6) is 0.985. The Hall–Kier alpha value is -0.430. The second kappa shape index (κ2) is 12.8. The minimum absolute atomic E-state index is 0.447. The molecule has 2 unspecified atom stereocenters. The molecule has 0 saturated heterocycles. The topological polar surface area (TPSA) is 40.5 Å². The van der Waals surface area contributed by atoms with Crippen LogP contribution in [0.15, 0.2) is 18.2 Å². The summed E-state index contributed by atoms with van der Waals surface area (Å²) in [5.41, 5.74) is 2.65. The van der Waals surface area contributed by atoms with Crippen LogP contribution in [-0.4, -0.2) is 9.79 Å². The Morgan fingerprint density at radius 1 is 0.800 bits per heavy atom. The molecule has 1 rings (SSSR count). The van der Waals surface area contributed by atoms with Crippen LogP contribution in [0, 0.1) is 0 Å². The molecule has 2 nitrogen and oxygen atoms in total. The molecule has 0 heterocycles. The summed E-state index contributed by atoms with van der Waals surface area (Å²) in [6, 6.07) is 6.21. The number of benzene rings is 1. The Morgan fingerprint density at radius 3 is 1.84 bits per heavy atom. The van der Waals surface area contributed by atoms with Crippen molar-refractivity contribution in [2.45, 2.75) is 104 Å². The lowest BCUT2D eigenvalue weighted by Gasteiger charge is -2.27. The number of hydrogen-bond donors (Lipinski definition) is 2. The highest BCUT2D eigenvalue weighted by Gasteiger charge is 2.24. The van der Waals surface area contributed by atoms with Crippen LogP contribution in [0.25, 0.3) is 0 Å². The zero-order valence-electron chi connectivity index (χ0n) is 16.8. The van der Waals surface area contributed by atoms with Crippen molar-refractivity contribution in [2.75, 3.05) is 0 Å². The molecule has 0 aromatic heterocycles. The summed E-state index contributed by atoms with van der Waals surface area (Å²) in [6.07, 6.45) is 12.1. The van der Waals surface area contributed by atoms with E-state index in [4.69, 9.17) is 0 Å². The number of rotatable bonds is 13. The quantitative estimate of drug-likeness (QED) is 0.299. The predicted octanol–water partition coefficient (Wildman–Crippen LogP) is 6.76. The second-order valence-corrected chi connectivity index (χ2v) is 8.33. The van der Waals surface area contributed by atoms with Gasteiger partial charge < -0.3 is 9.79 Å². The Balaban J connectivity index is 3.19. The third-order valence-electron chi connectivity index (χ3n) is 5.48. The predicted molar refractivity (Wildman–Crippen MR) is 112 cm³/mol. The van der Waals surface area contributed by atoms with Crippen LogP contribution in [0.2, 0.25) is 0 Å². The van der Waals surface area contributed by atoms with E-state index in [9.17, 15) is 9.79 Å². The van der Waals surface area contributed by atoms with Gasteiger partial charge in [0, 0.05) is 5.30 Å². The Kier molecular flexibility index (Phi) is 11.6. The average Bonchev–Trinajstić information content (AvgIpc) is 2.62. The van der Waals surface area contributed by atoms with Crippen molar-refractivity contribution >= 4 is 13.7 Å². The molecule has 0 amide bonds. The van der Waals surface area contributed by atoms with E-state index in [1.54, 1.807) is 0 Å². The Bertz CT molecular complexity index is 473. The summed E-state index contributed by atoms with van der Waals surface area (Å²) >= 11 is 0. The zero-order valence-corrected chi connectivity index (χ0v) is 17.7. The lowest BCUT2D eigenvalue weighted by atomic mass is 9.81. The fraction of sp³-hybridized carbons (Fsp3) is 0.727. The lowest BCUT2D eigenvalue weighted by molar-refractivity contribution is 0.492. The van der Waals surface area contributed by atoms with Gasteiger partial charge in [0.25, 0.3) is 0 Å². The highest BCUT2D eigenvalue weighted by atomic mass is 31.2. The Morgan fingerprint density at radius 2 is 1.36 bits per heavy atom. The monoisotopic (exact) mass is 366 g/mol. The standard InChI is InChI=1S/C22H39O2P/c1-5-9-11-14-18(7-3)20-16-13-17-21(25(23)24)22(20)19(8-4)15-12-10-6-2/h13,16-19,23-24H,5-12,14-15H2,1-4H3. The third kappa shape index (κ3) is 7.00. The van der Waals surface area contributed by atoms with Gasteiger partial charge in [0.05, 0.1) is 0 Å². The van der Waals surface area contributed by atoms with Gasteiger partial charge in [0.2, 0.25) is 0 Å². The molecule has 2 N–H and O–H groups in total. The normalized spacial score (nSPS) is 14.0. The highest BCUT2D eigenvalue weighted by molar-refractivity contribution is 7.54. The van der Waals surface area contributed by atoms with Crippen LogP contribution in [0.5, 0.6) is 0 Å². The van der Waals surface area contributed by atoms with E-state index in [0.29, 0.717) is 11.8 Å². The zero-order chi connectivity index (χ0) is 18.7. The fourth-order valence-electron chi connectivity index (χ4n) is 3.96. The molecule has 0 spiro atoms. The van der Waals surface area contributed by atoms with Crippen LogP contribution >= 0.6 is 8.38 Å². The van der Waals surface area contributed by atoms with Gasteiger partial charge in [-0.3, -0.25) is 0 Å². The maximum atomic E-state index is 10.0. The first kappa shape index (κ1) is 22.6. The molecular formula is C22H39O2P. The molecule has 0 fully saturated rings. The van der Waals surface area contributed by atoms with Crippen molar-refractivity contribution in [1.82, 2.24) is 0 Å². The summed E-state index contributed by atoms with van der Waals surface area (Å²) < 4.78 is 0.